The van der Waals surface area contributed by atoms with Crippen LogP contribution in [0.1, 0.15) is 42.0 Å². The Kier molecular flexibility index (Phi) is 2.17. The Morgan fingerprint density at radius 1 is 1.13 bits per heavy atom. The zero-order chi connectivity index (χ0) is 10.3. The number of hydrogen-bond acceptors (Lipinski definition) is 2. The summed E-state index contributed by atoms with van der Waals surface area (Å²) in [5.74, 6) is 1.04. The van der Waals surface area contributed by atoms with Crippen molar-refractivity contribution >= 4 is 0 Å². The minimum atomic E-state index is 0.181. The van der Waals surface area contributed by atoms with Crippen molar-refractivity contribution in [2.75, 3.05) is 6.61 Å². The van der Waals surface area contributed by atoms with Crippen LogP contribution in [0.3, 0.4) is 0 Å². The lowest BCUT2D eigenvalue weighted by Gasteiger charge is -2.26. The highest BCUT2D eigenvalue weighted by Crippen LogP contribution is 2.35. The standard InChI is InChI=1S/C13H17NO/c14-12-5-6-15-13-8-10-4-2-1-3-9(10)7-11(12)13/h7-8,12H,1-6,14H2. The number of benzene rings is 1. The van der Waals surface area contributed by atoms with Gasteiger partial charge in [0, 0.05) is 18.0 Å². The number of fused-ring (bicyclic) bond motifs is 2. The number of aryl methyl sites for hydroxylation is 2. The van der Waals surface area contributed by atoms with Gasteiger partial charge in [0.05, 0.1) is 6.61 Å². The van der Waals surface area contributed by atoms with Crippen molar-refractivity contribution in [1.82, 2.24) is 0 Å². The van der Waals surface area contributed by atoms with E-state index in [9.17, 15) is 0 Å². The summed E-state index contributed by atoms with van der Waals surface area (Å²) >= 11 is 0. The lowest BCUT2D eigenvalue weighted by Crippen LogP contribution is -2.21. The molecule has 80 valence electrons. The van der Waals surface area contributed by atoms with Crippen molar-refractivity contribution < 1.29 is 4.74 Å². The largest absolute Gasteiger partial charge is 0.493 e. The van der Waals surface area contributed by atoms with Crippen LogP contribution in [-0.4, -0.2) is 6.61 Å². The molecule has 0 amide bonds. The van der Waals surface area contributed by atoms with Gasteiger partial charge in [-0.2, -0.15) is 0 Å². The molecule has 1 atom stereocenters. The normalized spacial score (nSPS) is 23.9. The summed E-state index contributed by atoms with van der Waals surface area (Å²) < 4.78 is 5.68. The van der Waals surface area contributed by atoms with Crippen LogP contribution in [0.4, 0.5) is 0 Å². The van der Waals surface area contributed by atoms with Crippen LogP contribution in [0.2, 0.25) is 0 Å². The molecule has 1 heterocycles. The Labute approximate surface area is 90.4 Å². The Balaban J connectivity index is 2.08. The average Bonchev–Trinajstić information content (AvgIpc) is 2.27. The lowest BCUT2D eigenvalue weighted by molar-refractivity contribution is 0.268. The molecular formula is C13H17NO. The molecule has 2 heteroatoms. The molecule has 0 fully saturated rings. The molecule has 1 unspecified atom stereocenters. The molecule has 3 rings (SSSR count). The number of nitrogens with two attached hydrogens (primary N) is 1. The van der Waals surface area contributed by atoms with Crippen molar-refractivity contribution in [3.63, 3.8) is 0 Å². The highest BCUT2D eigenvalue weighted by atomic mass is 16.5. The van der Waals surface area contributed by atoms with Crippen LogP contribution in [0.25, 0.3) is 0 Å². The Morgan fingerprint density at radius 2 is 1.87 bits per heavy atom. The molecule has 2 aliphatic rings. The first-order valence-electron chi connectivity index (χ1n) is 5.88. The molecule has 0 saturated carbocycles. The molecule has 0 radical (unpaired) electrons. The second-order valence-corrected chi connectivity index (χ2v) is 4.61. The zero-order valence-corrected chi connectivity index (χ0v) is 8.96. The summed E-state index contributed by atoms with van der Waals surface area (Å²) in [4.78, 5) is 0. The third kappa shape index (κ3) is 1.53. The highest BCUT2D eigenvalue weighted by Gasteiger charge is 2.21. The van der Waals surface area contributed by atoms with E-state index in [0.717, 1.165) is 18.8 Å². The van der Waals surface area contributed by atoms with E-state index in [1.807, 2.05) is 0 Å². The van der Waals surface area contributed by atoms with Gasteiger partial charge in [-0.15, -0.1) is 0 Å². The number of ether oxygens (including phenoxy) is 1. The van der Waals surface area contributed by atoms with E-state index in [0.29, 0.717) is 0 Å². The lowest BCUT2D eigenvalue weighted by atomic mass is 9.87. The second kappa shape index (κ2) is 3.53. The van der Waals surface area contributed by atoms with Crippen LogP contribution in [-0.2, 0) is 12.8 Å². The van der Waals surface area contributed by atoms with Crippen LogP contribution in [0.5, 0.6) is 5.75 Å². The highest BCUT2D eigenvalue weighted by molar-refractivity contribution is 5.46. The van der Waals surface area contributed by atoms with Crippen LogP contribution >= 0.6 is 0 Å². The van der Waals surface area contributed by atoms with E-state index in [1.165, 1.54) is 42.4 Å². The van der Waals surface area contributed by atoms with Crippen molar-refractivity contribution in [3.8, 4) is 5.75 Å². The fourth-order valence-electron chi connectivity index (χ4n) is 2.65. The average molecular weight is 203 g/mol. The minimum Gasteiger partial charge on any atom is -0.493 e. The molecule has 0 aromatic heterocycles. The topological polar surface area (TPSA) is 35.2 Å². The van der Waals surface area contributed by atoms with Crippen molar-refractivity contribution in [1.29, 1.82) is 0 Å². The summed E-state index contributed by atoms with van der Waals surface area (Å²) in [5.41, 5.74) is 10.3. The van der Waals surface area contributed by atoms with E-state index in [2.05, 4.69) is 12.1 Å². The Morgan fingerprint density at radius 3 is 2.67 bits per heavy atom. The van der Waals surface area contributed by atoms with E-state index in [-0.39, 0.29) is 6.04 Å². The quantitative estimate of drug-likeness (QED) is 0.702. The first-order chi connectivity index (χ1) is 7.34. The maximum atomic E-state index is 6.10. The summed E-state index contributed by atoms with van der Waals surface area (Å²) in [6.45, 7) is 0.771. The van der Waals surface area contributed by atoms with Crippen molar-refractivity contribution in [2.24, 2.45) is 5.73 Å². The fraction of sp³-hybridized carbons (Fsp3) is 0.538. The van der Waals surface area contributed by atoms with Gasteiger partial charge in [-0.05, 0) is 42.9 Å². The maximum absolute atomic E-state index is 6.10. The Hall–Kier alpha value is -1.02. The summed E-state index contributed by atoms with van der Waals surface area (Å²) in [6, 6.07) is 4.69. The molecule has 1 aliphatic carbocycles. The molecule has 0 spiro atoms. The van der Waals surface area contributed by atoms with Gasteiger partial charge in [-0.3, -0.25) is 0 Å². The zero-order valence-electron chi connectivity index (χ0n) is 8.96. The van der Waals surface area contributed by atoms with E-state index in [1.54, 1.807) is 0 Å². The maximum Gasteiger partial charge on any atom is 0.124 e. The molecule has 1 aromatic rings. The van der Waals surface area contributed by atoms with Gasteiger partial charge in [0.1, 0.15) is 5.75 Å². The minimum absolute atomic E-state index is 0.181. The number of rotatable bonds is 0. The summed E-state index contributed by atoms with van der Waals surface area (Å²) in [7, 11) is 0. The van der Waals surface area contributed by atoms with Gasteiger partial charge in [-0.25, -0.2) is 0 Å². The fourth-order valence-corrected chi connectivity index (χ4v) is 2.65. The summed E-state index contributed by atoms with van der Waals surface area (Å²) in [5, 5.41) is 0. The molecule has 1 aliphatic heterocycles. The van der Waals surface area contributed by atoms with Gasteiger partial charge in [0.2, 0.25) is 0 Å². The van der Waals surface area contributed by atoms with E-state index < -0.39 is 0 Å². The van der Waals surface area contributed by atoms with Crippen LogP contribution < -0.4 is 10.5 Å². The predicted molar refractivity (Wildman–Crippen MR) is 60.1 cm³/mol. The number of hydrogen-bond donors (Lipinski definition) is 1. The summed E-state index contributed by atoms with van der Waals surface area (Å²) in [6.07, 6.45) is 6.02. The smallest absolute Gasteiger partial charge is 0.124 e. The molecule has 2 N–H and O–H groups in total. The monoisotopic (exact) mass is 203 g/mol. The molecular weight excluding hydrogens is 186 g/mol. The van der Waals surface area contributed by atoms with Crippen LogP contribution in [0.15, 0.2) is 12.1 Å². The second-order valence-electron chi connectivity index (χ2n) is 4.61. The first-order valence-corrected chi connectivity index (χ1v) is 5.88. The van der Waals surface area contributed by atoms with Crippen molar-refractivity contribution in [3.05, 3.63) is 28.8 Å². The van der Waals surface area contributed by atoms with Gasteiger partial charge in [-0.1, -0.05) is 6.07 Å². The third-order valence-electron chi connectivity index (χ3n) is 3.56. The van der Waals surface area contributed by atoms with E-state index in [4.69, 9.17) is 10.5 Å². The molecule has 1 aromatic carbocycles. The van der Waals surface area contributed by atoms with Crippen molar-refractivity contribution in [2.45, 2.75) is 38.1 Å². The molecule has 0 saturated heterocycles. The molecule has 15 heavy (non-hydrogen) atoms. The molecule has 2 nitrogen and oxygen atoms in total. The van der Waals surface area contributed by atoms with E-state index >= 15 is 0 Å². The van der Waals surface area contributed by atoms with Gasteiger partial charge in [0.15, 0.2) is 0 Å². The van der Waals surface area contributed by atoms with Gasteiger partial charge < -0.3 is 10.5 Å². The first kappa shape index (κ1) is 9.22. The van der Waals surface area contributed by atoms with Crippen LogP contribution in [0, 0.1) is 0 Å². The Bertz CT molecular complexity index is 386. The third-order valence-corrected chi connectivity index (χ3v) is 3.56. The SMILES string of the molecule is NC1CCOc2cc3c(cc21)CCCC3. The van der Waals surface area contributed by atoms with Gasteiger partial charge >= 0.3 is 0 Å². The molecule has 0 bridgehead atoms. The van der Waals surface area contributed by atoms with Gasteiger partial charge in [0.25, 0.3) is 0 Å². The predicted octanol–water partition coefficient (Wildman–Crippen LogP) is 2.35.